The molecule has 63 heavy (non-hydrogen) atoms. The quantitative estimate of drug-likeness (QED) is 0.0245. The topological polar surface area (TPSA) is 95.9 Å². The first-order valence-electron chi connectivity index (χ1n) is 26.7. The molecule has 0 aliphatic rings. The van der Waals surface area contributed by atoms with Crippen LogP contribution in [0.15, 0.2) is 72.9 Å². The molecule has 364 valence electrons. The first-order valence-corrected chi connectivity index (χ1v) is 26.7. The lowest BCUT2D eigenvalue weighted by atomic mass is 10.0. The Kier molecular flexibility index (Phi) is 48.1. The first kappa shape index (κ1) is 60.3. The van der Waals surface area contributed by atoms with Gasteiger partial charge < -0.3 is 20.3 Å². The Hall–Kier alpha value is -2.70. The van der Waals surface area contributed by atoms with Crippen molar-refractivity contribution in [3.63, 3.8) is 0 Å². The van der Waals surface area contributed by atoms with Gasteiger partial charge in [-0.1, -0.05) is 235 Å². The normalized spacial score (nSPS) is 13.8. The number of aliphatic hydroxyl groups excluding tert-OH is 2. The molecule has 3 unspecified atom stereocenters. The van der Waals surface area contributed by atoms with Crippen molar-refractivity contribution in [2.24, 2.45) is 0 Å². The number of hydrogen-bond donors (Lipinski definition) is 3. The molecule has 0 saturated carbocycles. The average Bonchev–Trinajstić information content (AvgIpc) is 3.28. The van der Waals surface area contributed by atoms with Gasteiger partial charge in [-0.2, -0.15) is 0 Å². The van der Waals surface area contributed by atoms with Crippen LogP contribution >= 0.6 is 0 Å². The van der Waals surface area contributed by atoms with Crippen molar-refractivity contribution in [3.05, 3.63) is 72.9 Å². The molecule has 0 fully saturated rings. The van der Waals surface area contributed by atoms with Gasteiger partial charge in [-0.3, -0.25) is 9.59 Å². The highest BCUT2D eigenvalue weighted by Gasteiger charge is 2.24. The number of carbonyl (C=O) groups excluding carboxylic acids is 2. The Bertz CT molecular complexity index is 1170. The largest absolute Gasteiger partial charge is 0.462 e. The number of aliphatic hydroxyl groups is 2. The minimum absolute atomic E-state index is 0.0524. The van der Waals surface area contributed by atoms with Crippen molar-refractivity contribution >= 4 is 11.9 Å². The summed E-state index contributed by atoms with van der Waals surface area (Å²) in [6.45, 7) is 6.24. The van der Waals surface area contributed by atoms with Crippen LogP contribution in [0.4, 0.5) is 0 Å². The molecule has 6 heteroatoms. The third-order valence-electron chi connectivity index (χ3n) is 11.8. The fourth-order valence-electron chi connectivity index (χ4n) is 7.86. The van der Waals surface area contributed by atoms with E-state index >= 15 is 0 Å². The second-order valence-electron chi connectivity index (χ2n) is 17.9. The van der Waals surface area contributed by atoms with E-state index in [9.17, 15) is 19.8 Å². The molecule has 0 aliphatic carbocycles. The van der Waals surface area contributed by atoms with Crippen LogP contribution in [0.1, 0.15) is 252 Å². The summed E-state index contributed by atoms with van der Waals surface area (Å²) in [5, 5.41) is 23.8. The zero-order valence-corrected chi connectivity index (χ0v) is 41.4. The monoisotopic (exact) mass is 880 g/mol. The summed E-state index contributed by atoms with van der Waals surface area (Å²) in [7, 11) is 0. The van der Waals surface area contributed by atoms with Gasteiger partial charge in [-0.25, -0.2) is 0 Å². The van der Waals surface area contributed by atoms with Crippen LogP contribution in [-0.4, -0.2) is 46.9 Å². The van der Waals surface area contributed by atoms with E-state index in [2.05, 4.69) is 99.0 Å². The van der Waals surface area contributed by atoms with Gasteiger partial charge in [0, 0.05) is 6.42 Å². The number of esters is 1. The van der Waals surface area contributed by atoms with Gasteiger partial charge in [-0.15, -0.1) is 0 Å². The number of amides is 1. The van der Waals surface area contributed by atoms with E-state index < -0.39 is 18.2 Å². The average molecular weight is 880 g/mol. The second kappa shape index (κ2) is 50.3. The zero-order valence-electron chi connectivity index (χ0n) is 41.4. The smallest absolute Gasteiger partial charge is 0.306 e. The van der Waals surface area contributed by atoms with E-state index in [1.807, 2.05) is 0 Å². The van der Waals surface area contributed by atoms with Crippen LogP contribution in [0.3, 0.4) is 0 Å². The van der Waals surface area contributed by atoms with Crippen LogP contribution in [0.2, 0.25) is 0 Å². The van der Waals surface area contributed by atoms with Gasteiger partial charge in [0.15, 0.2) is 0 Å². The van der Waals surface area contributed by atoms with Gasteiger partial charge in [0.25, 0.3) is 0 Å². The Morgan fingerprint density at radius 1 is 0.492 bits per heavy atom. The standard InChI is InChI=1S/C57H101NO5/c1-4-7-10-13-16-19-22-25-27-28-29-31-34-37-40-43-46-49-55(60)54(52-59)58-56(61)51-53(48-45-42-39-36-33-30-24-21-18-15-12-9-6-3)63-57(62)50-47-44-41-38-35-32-26-23-20-17-14-11-8-5-2/h8-9,11-12,15,17-18,20-21,24,26,32,53-55,59-60H,4-7,10,13-14,16,19,22-23,25,27-31,33-52H2,1-3H3,(H,58,61)/b11-8+,12-9+,18-15+,20-17+,24-21+,32-26+. The molecule has 0 heterocycles. The third kappa shape index (κ3) is 45.7. The van der Waals surface area contributed by atoms with Gasteiger partial charge in [0.2, 0.25) is 5.91 Å². The minimum atomic E-state index is -0.801. The van der Waals surface area contributed by atoms with Gasteiger partial charge in [-0.05, 0) is 77.0 Å². The summed E-state index contributed by atoms with van der Waals surface area (Å²) in [6.07, 6.45) is 63.9. The summed E-state index contributed by atoms with van der Waals surface area (Å²) >= 11 is 0. The molecule has 0 rings (SSSR count). The van der Waals surface area contributed by atoms with Crippen molar-refractivity contribution in [1.82, 2.24) is 5.32 Å². The minimum Gasteiger partial charge on any atom is -0.462 e. The molecule has 0 spiro atoms. The zero-order chi connectivity index (χ0) is 45.9. The predicted octanol–water partition coefficient (Wildman–Crippen LogP) is 16.2. The molecule has 1 amide bonds. The number of rotatable bonds is 47. The highest BCUT2D eigenvalue weighted by atomic mass is 16.5. The molecule has 0 aliphatic heterocycles. The Morgan fingerprint density at radius 3 is 1.48 bits per heavy atom. The maximum absolute atomic E-state index is 13.2. The Morgan fingerprint density at radius 2 is 0.937 bits per heavy atom. The Balaban J connectivity index is 4.57. The van der Waals surface area contributed by atoms with Crippen LogP contribution < -0.4 is 5.32 Å². The summed E-state index contributed by atoms with van der Waals surface area (Å²) in [4.78, 5) is 26.2. The number of unbranched alkanes of at least 4 members (excludes halogenated alkanes) is 25. The van der Waals surface area contributed by atoms with Crippen LogP contribution in [0.25, 0.3) is 0 Å². The van der Waals surface area contributed by atoms with Crippen molar-refractivity contribution in [2.75, 3.05) is 6.61 Å². The highest BCUT2D eigenvalue weighted by Crippen LogP contribution is 2.18. The molecule has 0 aromatic rings. The fourth-order valence-corrected chi connectivity index (χ4v) is 7.86. The fraction of sp³-hybridized carbons (Fsp3) is 0.754. The summed E-state index contributed by atoms with van der Waals surface area (Å²) in [5.74, 6) is -0.520. The number of carbonyl (C=O) groups is 2. The molecule has 0 aromatic carbocycles. The maximum Gasteiger partial charge on any atom is 0.306 e. The van der Waals surface area contributed by atoms with Crippen molar-refractivity contribution in [2.45, 2.75) is 270 Å². The van der Waals surface area contributed by atoms with E-state index in [1.165, 1.54) is 89.9 Å². The molecular formula is C57H101NO5. The molecule has 0 aromatic heterocycles. The van der Waals surface area contributed by atoms with E-state index in [4.69, 9.17) is 4.74 Å². The SMILES string of the molecule is CC/C=C/C=C/C=C/CCCCCCCC(CC(=O)NC(CO)C(O)CCCCCCCCCCCCCCCCCCC)OC(=O)CCCCCC/C=C/C/C=C/C/C=C/CC. The maximum atomic E-state index is 13.2. The molecule has 6 nitrogen and oxygen atoms in total. The van der Waals surface area contributed by atoms with Gasteiger partial charge in [0.1, 0.15) is 6.10 Å². The van der Waals surface area contributed by atoms with Gasteiger partial charge >= 0.3 is 5.97 Å². The van der Waals surface area contributed by atoms with E-state index in [0.29, 0.717) is 19.3 Å². The van der Waals surface area contributed by atoms with Crippen LogP contribution in [0.5, 0.6) is 0 Å². The predicted molar refractivity (Wildman–Crippen MR) is 273 cm³/mol. The molecule has 0 bridgehead atoms. The lowest BCUT2D eigenvalue weighted by Crippen LogP contribution is -2.46. The van der Waals surface area contributed by atoms with Crippen molar-refractivity contribution < 1.29 is 24.5 Å². The molecule has 3 atom stereocenters. The van der Waals surface area contributed by atoms with Gasteiger partial charge in [0.05, 0.1) is 25.2 Å². The lowest BCUT2D eigenvalue weighted by molar-refractivity contribution is -0.151. The lowest BCUT2D eigenvalue weighted by Gasteiger charge is -2.24. The molecular weight excluding hydrogens is 779 g/mol. The van der Waals surface area contributed by atoms with E-state index in [0.717, 1.165) is 116 Å². The van der Waals surface area contributed by atoms with Crippen molar-refractivity contribution in [1.29, 1.82) is 0 Å². The molecule has 0 radical (unpaired) electrons. The van der Waals surface area contributed by atoms with Crippen LogP contribution in [0, 0.1) is 0 Å². The summed E-state index contributed by atoms with van der Waals surface area (Å²) < 4.78 is 5.92. The van der Waals surface area contributed by atoms with E-state index in [1.54, 1.807) is 0 Å². The number of ether oxygens (including phenoxy) is 1. The van der Waals surface area contributed by atoms with Crippen molar-refractivity contribution in [3.8, 4) is 0 Å². The second-order valence-corrected chi connectivity index (χ2v) is 17.9. The number of nitrogens with one attached hydrogen (secondary N) is 1. The van der Waals surface area contributed by atoms with E-state index in [-0.39, 0.29) is 24.9 Å². The Labute approximate surface area is 390 Å². The first-order chi connectivity index (χ1) is 31.0. The van der Waals surface area contributed by atoms with Crippen LogP contribution in [-0.2, 0) is 14.3 Å². The number of allylic oxidation sites excluding steroid dienone is 12. The summed E-state index contributed by atoms with van der Waals surface area (Å²) in [5.41, 5.74) is 0. The molecule has 3 N–H and O–H groups in total. The summed E-state index contributed by atoms with van der Waals surface area (Å²) in [6, 6.07) is -0.716. The third-order valence-corrected chi connectivity index (χ3v) is 11.8. The highest BCUT2D eigenvalue weighted by molar-refractivity contribution is 5.77. The molecule has 0 saturated heterocycles. The number of hydrogen-bond acceptors (Lipinski definition) is 5.